The first kappa shape index (κ1) is 19.7. The van der Waals surface area contributed by atoms with Gasteiger partial charge in [0.15, 0.2) is 0 Å². The number of amides is 1. The summed E-state index contributed by atoms with van der Waals surface area (Å²) in [6.07, 6.45) is 1.73. The molecule has 0 atom stereocenters. The summed E-state index contributed by atoms with van der Waals surface area (Å²) in [6, 6.07) is 16.4. The van der Waals surface area contributed by atoms with E-state index in [1.54, 1.807) is 7.11 Å². The van der Waals surface area contributed by atoms with E-state index >= 15 is 0 Å². The normalized spacial score (nSPS) is 10.9. The number of hydrogen-bond donors (Lipinski definition) is 1. The molecule has 3 aromatic rings. The molecular formula is C24H28N2O2. The number of rotatable bonds is 7. The van der Waals surface area contributed by atoms with Crippen molar-refractivity contribution in [3.63, 3.8) is 0 Å². The van der Waals surface area contributed by atoms with E-state index in [-0.39, 0.29) is 5.91 Å². The van der Waals surface area contributed by atoms with Crippen molar-refractivity contribution >= 4 is 5.91 Å². The van der Waals surface area contributed by atoms with Crippen LogP contribution >= 0.6 is 0 Å². The molecule has 0 spiro atoms. The number of ether oxygens (including phenoxy) is 1. The summed E-state index contributed by atoms with van der Waals surface area (Å²) in [6.45, 7) is 6.94. The highest BCUT2D eigenvalue weighted by Crippen LogP contribution is 2.35. The van der Waals surface area contributed by atoms with Gasteiger partial charge in [-0.2, -0.15) is 0 Å². The Morgan fingerprint density at radius 3 is 2.39 bits per heavy atom. The zero-order valence-corrected chi connectivity index (χ0v) is 17.1. The van der Waals surface area contributed by atoms with E-state index in [4.69, 9.17) is 10.5 Å². The molecule has 0 bridgehead atoms. The Kier molecular flexibility index (Phi) is 5.88. The molecule has 1 amide bonds. The van der Waals surface area contributed by atoms with E-state index in [2.05, 4.69) is 41.8 Å². The van der Waals surface area contributed by atoms with Crippen molar-refractivity contribution in [3.05, 3.63) is 76.6 Å². The van der Waals surface area contributed by atoms with Gasteiger partial charge in [-0.1, -0.05) is 43.3 Å². The van der Waals surface area contributed by atoms with Gasteiger partial charge in [0.25, 0.3) is 5.91 Å². The number of methoxy groups -OCH3 is 1. The van der Waals surface area contributed by atoms with Crippen LogP contribution in [0, 0.1) is 13.8 Å². The second kappa shape index (κ2) is 8.34. The molecule has 0 aliphatic carbocycles. The van der Waals surface area contributed by atoms with Crippen molar-refractivity contribution in [3.8, 4) is 16.9 Å². The number of aromatic nitrogens is 1. The first-order valence-corrected chi connectivity index (χ1v) is 9.68. The van der Waals surface area contributed by atoms with E-state index in [0.29, 0.717) is 5.56 Å². The van der Waals surface area contributed by atoms with Gasteiger partial charge in [-0.15, -0.1) is 0 Å². The van der Waals surface area contributed by atoms with E-state index in [9.17, 15) is 4.79 Å². The van der Waals surface area contributed by atoms with E-state index < -0.39 is 0 Å². The van der Waals surface area contributed by atoms with Crippen molar-refractivity contribution in [2.75, 3.05) is 7.11 Å². The second-order valence-electron chi connectivity index (χ2n) is 7.07. The summed E-state index contributed by atoms with van der Waals surface area (Å²) < 4.78 is 7.64. The summed E-state index contributed by atoms with van der Waals surface area (Å²) in [5, 5.41) is 0. The van der Waals surface area contributed by atoms with Crippen molar-refractivity contribution in [1.29, 1.82) is 0 Å². The Labute approximate surface area is 166 Å². The summed E-state index contributed by atoms with van der Waals surface area (Å²) in [5.74, 6) is 0.455. The minimum absolute atomic E-state index is 0.380. The van der Waals surface area contributed by atoms with Gasteiger partial charge in [-0.3, -0.25) is 4.79 Å². The smallest absolute Gasteiger partial charge is 0.251 e. The maximum atomic E-state index is 12.4. The molecule has 28 heavy (non-hydrogen) atoms. The van der Waals surface area contributed by atoms with Crippen LogP contribution in [0.4, 0.5) is 0 Å². The van der Waals surface area contributed by atoms with Crippen LogP contribution in [0.15, 0.2) is 48.5 Å². The average Bonchev–Trinajstić information content (AvgIpc) is 2.98. The first-order chi connectivity index (χ1) is 13.5. The SMILES string of the molecule is CCc1c(-c2ccc(OC)c(C)c2)c(C(N)=O)c(C)n1CCc1ccccc1. The van der Waals surface area contributed by atoms with Crippen molar-refractivity contribution in [2.45, 2.75) is 40.2 Å². The van der Waals surface area contributed by atoms with Gasteiger partial charge in [0, 0.05) is 23.5 Å². The minimum Gasteiger partial charge on any atom is -0.496 e. The number of benzene rings is 2. The lowest BCUT2D eigenvalue weighted by molar-refractivity contribution is 0.1000. The molecule has 0 radical (unpaired) electrons. The van der Waals surface area contributed by atoms with Crippen LogP contribution in [0.5, 0.6) is 5.75 Å². The average molecular weight is 377 g/mol. The summed E-state index contributed by atoms with van der Waals surface area (Å²) in [5.41, 5.74) is 12.8. The topological polar surface area (TPSA) is 57.2 Å². The maximum Gasteiger partial charge on any atom is 0.251 e. The molecule has 146 valence electrons. The quantitative estimate of drug-likeness (QED) is 0.651. The number of hydrogen-bond acceptors (Lipinski definition) is 2. The highest BCUT2D eigenvalue weighted by Gasteiger charge is 2.24. The molecule has 0 saturated heterocycles. The monoisotopic (exact) mass is 376 g/mol. The fourth-order valence-corrected chi connectivity index (χ4v) is 4.00. The van der Waals surface area contributed by atoms with Crippen LogP contribution in [0.2, 0.25) is 0 Å². The molecule has 0 unspecified atom stereocenters. The standard InChI is InChI=1S/C24H28N2O2/c1-5-20-23(19-11-12-21(28-4)16(2)15-19)22(24(25)27)17(3)26(20)14-13-18-9-7-6-8-10-18/h6-12,15H,5,13-14H2,1-4H3,(H2,25,27). The van der Waals surface area contributed by atoms with Gasteiger partial charge < -0.3 is 15.0 Å². The third-order valence-electron chi connectivity index (χ3n) is 5.36. The zero-order valence-electron chi connectivity index (χ0n) is 17.1. The Bertz CT molecular complexity index is 988. The molecule has 1 heterocycles. The van der Waals surface area contributed by atoms with Crippen LogP contribution < -0.4 is 10.5 Å². The molecule has 3 rings (SSSR count). The van der Waals surface area contributed by atoms with Gasteiger partial charge in [0.2, 0.25) is 0 Å². The van der Waals surface area contributed by atoms with Gasteiger partial charge in [-0.25, -0.2) is 0 Å². The van der Waals surface area contributed by atoms with Crippen molar-refractivity contribution in [1.82, 2.24) is 4.57 Å². The van der Waals surface area contributed by atoms with Gasteiger partial charge >= 0.3 is 0 Å². The predicted molar refractivity (Wildman–Crippen MR) is 114 cm³/mol. The Morgan fingerprint density at radius 1 is 1.11 bits per heavy atom. The fourth-order valence-electron chi connectivity index (χ4n) is 4.00. The molecule has 0 fully saturated rings. The molecule has 0 aliphatic rings. The summed E-state index contributed by atoms with van der Waals surface area (Å²) in [4.78, 5) is 12.4. The molecule has 4 heteroatoms. The van der Waals surface area contributed by atoms with Crippen LogP contribution in [-0.2, 0) is 19.4 Å². The third-order valence-corrected chi connectivity index (χ3v) is 5.36. The molecular weight excluding hydrogens is 348 g/mol. The summed E-state index contributed by atoms with van der Waals surface area (Å²) >= 11 is 0. The zero-order chi connectivity index (χ0) is 20.3. The molecule has 0 saturated carbocycles. The first-order valence-electron chi connectivity index (χ1n) is 9.68. The minimum atomic E-state index is -0.380. The molecule has 1 aromatic heterocycles. The highest BCUT2D eigenvalue weighted by molar-refractivity contribution is 6.02. The number of aryl methyl sites for hydroxylation is 2. The van der Waals surface area contributed by atoms with Crippen LogP contribution in [0.3, 0.4) is 0 Å². The molecule has 2 N–H and O–H groups in total. The number of carbonyl (C=O) groups is 1. The van der Waals surface area contributed by atoms with E-state index in [1.807, 2.05) is 32.0 Å². The van der Waals surface area contributed by atoms with Crippen molar-refractivity contribution in [2.24, 2.45) is 5.73 Å². The number of primary amides is 1. The Hall–Kier alpha value is -3.01. The van der Waals surface area contributed by atoms with Crippen LogP contribution in [0.25, 0.3) is 11.1 Å². The highest BCUT2D eigenvalue weighted by atomic mass is 16.5. The predicted octanol–water partition coefficient (Wildman–Crippen LogP) is 4.68. The molecule has 4 nitrogen and oxygen atoms in total. The maximum absolute atomic E-state index is 12.4. The van der Waals surface area contributed by atoms with Crippen molar-refractivity contribution < 1.29 is 9.53 Å². The van der Waals surface area contributed by atoms with Gasteiger partial charge in [0.05, 0.1) is 12.7 Å². The fraction of sp³-hybridized carbons (Fsp3) is 0.292. The molecule has 0 aliphatic heterocycles. The number of nitrogens with zero attached hydrogens (tertiary/aromatic N) is 1. The lowest BCUT2D eigenvalue weighted by Crippen LogP contribution is -2.14. The summed E-state index contributed by atoms with van der Waals surface area (Å²) in [7, 11) is 1.67. The second-order valence-corrected chi connectivity index (χ2v) is 7.07. The third kappa shape index (κ3) is 3.68. The van der Waals surface area contributed by atoms with Crippen LogP contribution in [0.1, 0.15) is 39.8 Å². The van der Waals surface area contributed by atoms with Crippen LogP contribution in [-0.4, -0.2) is 17.6 Å². The number of carbonyl (C=O) groups excluding carboxylic acids is 1. The Morgan fingerprint density at radius 2 is 1.82 bits per heavy atom. The lowest BCUT2D eigenvalue weighted by atomic mass is 9.97. The number of nitrogens with two attached hydrogens (primary N) is 1. The van der Waals surface area contributed by atoms with Gasteiger partial charge in [-0.05, 0) is 55.5 Å². The molecule has 2 aromatic carbocycles. The Balaban J connectivity index is 2.11. The largest absolute Gasteiger partial charge is 0.496 e. The van der Waals surface area contributed by atoms with E-state index in [1.165, 1.54) is 5.56 Å². The van der Waals surface area contributed by atoms with E-state index in [0.717, 1.165) is 53.2 Å². The lowest BCUT2D eigenvalue weighted by Gasteiger charge is -2.13. The van der Waals surface area contributed by atoms with Gasteiger partial charge in [0.1, 0.15) is 5.75 Å².